The van der Waals surface area contributed by atoms with Gasteiger partial charge in [0.25, 0.3) is 0 Å². The Kier molecular flexibility index (Phi) is 4.44. The molecule has 3 N–H and O–H groups in total. The van der Waals surface area contributed by atoms with Crippen LogP contribution in [0.4, 0.5) is 11.6 Å². The highest BCUT2D eigenvalue weighted by Gasteiger charge is 2.43. The quantitative estimate of drug-likeness (QED) is 0.649. The minimum atomic E-state index is -3.13. The van der Waals surface area contributed by atoms with Crippen LogP contribution in [0.15, 0.2) is 24.4 Å². The Morgan fingerprint density at radius 2 is 1.93 bits per heavy atom. The number of fused-ring (bicyclic) bond motifs is 2. The number of anilines is 2. The molecule has 0 aliphatic carbocycles. The summed E-state index contributed by atoms with van der Waals surface area (Å²) < 4.78 is 26.0. The molecule has 2 unspecified atom stereocenters. The molecule has 2 aromatic heterocycles. The van der Waals surface area contributed by atoms with Crippen LogP contribution in [-0.4, -0.2) is 64.6 Å². The largest absolute Gasteiger partial charge is 0.382 e. The second-order valence-corrected chi connectivity index (χ2v) is 10.5. The number of H-pyrrole nitrogens is 1. The molecule has 0 radical (unpaired) electrons. The number of hydrogen-bond donors (Lipinski definition) is 2. The monoisotopic (exact) mass is 431 g/mol. The van der Waals surface area contributed by atoms with E-state index >= 15 is 0 Å². The van der Waals surface area contributed by atoms with E-state index in [2.05, 4.69) is 19.9 Å². The third kappa shape index (κ3) is 3.20. The van der Waals surface area contributed by atoms with E-state index in [0.29, 0.717) is 42.3 Å². The van der Waals surface area contributed by atoms with Gasteiger partial charge < -0.3 is 15.6 Å². The molecule has 0 spiro atoms. The van der Waals surface area contributed by atoms with Crippen molar-refractivity contribution < 1.29 is 11.3 Å². The first-order valence-electron chi connectivity index (χ1n) is 10.2. The molecule has 2 saturated heterocycles. The van der Waals surface area contributed by atoms with Crippen molar-refractivity contribution >= 4 is 32.7 Å². The summed E-state index contributed by atoms with van der Waals surface area (Å²) in [6, 6.07) is 6.02. The normalized spacial score (nSPS) is 22.1. The molecule has 3 aromatic rings. The Labute approximate surface area is 178 Å². The molecule has 5 rings (SSSR count). The first-order valence-corrected chi connectivity index (χ1v) is 11.8. The lowest BCUT2D eigenvalue weighted by molar-refractivity contribution is 0.454. The maximum atomic E-state index is 12.2. The summed E-state index contributed by atoms with van der Waals surface area (Å²) in [6.45, 7) is 6.41. The van der Waals surface area contributed by atoms with Crippen molar-refractivity contribution in [2.24, 2.45) is 11.8 Å². The zero-order chi connectivity index (χ0) is 21.0. The van der Waals surface area contributed by atoms with Crippen molar-refractivity contribution in [2.45, 2.75) is 13.8 Å². The number of nitrogens with two attached hydrogens (primary N) is 1. The number of aryl methyl sites for hydroxylation is 1. The summed E-state index contributed by atoms with van der Waals surface area (Å²) in [6.07, 6.45) is 1.69. The summed E-state index contributed by atoms with van der Waals surface area (Å²) in [7, 11) is -3.13. The van der Waals surface area contributed by atoms with Gasteiger partial charge in [-0.2, -0.15) is 0 Å². The molecule has 2 fully saturated rings. The Morgan fingerprint density at radius 1 is 1.20 bits per heavy atom. The van der Waals surface area contributed by atoms with Crippen LogP contribution in [0.5, 0.6) is 0 Å². The molecular weight excluding hydrogens is 402 g/mol. The van der Waals surface area contributed by atoms with Gasteiger partial charge >= 0.3 is 0 Å². The van der Waals surface area contributed by atoms with E-state index in [9.17, 15) is 8.42 Å². The van der Waals surface area contributed by atoms with Crippen molar-refractivity contribution in [2.75, 3.05) is 42.6 Å². The number of nitrogen functional groups attached to an aromatic ring is 1. The van der Waals surface area contributed by atoms with Gasteiger partial charge in [-0.25, -0.2) is 27.7 Å². The summed E-state index contributed by atoms with van der Waals surface area (Å²) in [5.74, 6) is 2.44. The van der Waals surface area contributed by atoms with Gasteiger partial charge in [0.15, 0.2) is 17.3 Å². The number of imidazole rings is 1. The van der Waals surface area contributed by atoms with Crippen LogP contribution in [-0.2, 0) is 10.0 Å². The molecule has 0 amide bonds. The molecule has 0 saturated carbocycles. The van der Waals surface area contributed by atoms with E-state index in [-0.39, 0.29) is 8.61 Å². The lowest BCUT2D eigenvalue weighted by Gasteiger charge is -2.22. The Bertz CT molecular complexity index is 1220. The number of nitrogens with zero attached hydrogens (tertiary/aromatic N) is 5. The van der Waals surface area contributed by atoms with Crippen LogP contribution in [0.1, 0.15) is 15.3 Å². The first kappa shape index (κ1) is 19.3. The van der Waals surface area contributed by atoms with Crippen LogP contribution in [0, 0.1) is 18.8 Å². The van der Waals surface area contributed by atoms with Crippen LogP contribution >= 0.6 is 0 Å². The number of aromatic nitrogens is 4. The zero-order valence-electron chi connectivity index (χ0n) is 17.0. The third-order valence-corrected chi connectivity index (χ3v) is 8.00. The van der Waals surface area contributed by atoms with Gasteiger partial charge in [0.1, 0.15) is 5.82 Å². The lowest BCUT2D eigenvalue weighted by atomic mass is 10.0. The molecule has 4 heterocycles. The van der Waals surface area contributed by atoms with Gasteiger partial charge in [0.2, 0.25) is 10.0 Å². The summed E-state index contributed by atoms with van der Waals surface area (Å²) in [5.41, 5.74) is 9.59. The molecule has 9 nitrogen and oxygen atoms in total. The number of nitrogens with one attached hydrogen (secondary N) is 1. The van der Waals surface area contributed by atoms with Gasteiger partial charge in [0.05, 0.1) is 23.0 Å². The topological polar surface area (TPSA) is 121 Å². The third-order valence-electron chi connectivity index (χ3n) is 6.18. The first-order chi connectivity index (χ1) is 14.3. The highest BCUT2D eigenvalue weighted by molar-refractivity contribution is 7.89. The molecule has 162 valence electrons. The Balaban J connectivity index is 0.00000144. The number of sulfonamides is 1. The maximum Gasteiger partial charge on any atom is 0.213 e. The summed E-state index contributed by atoms with van der Waals surface area (Å²) in [5, 5.41) is 0. The smallest absolute Gasteiger partial charge is 0.213 e. The van der Waals surface area contributed by atoms with E-state index in [0.717, 1.165) is 35.5 Å². The SMILES string of the molecule is CCS(=O)(=O)N1CC2CN(c3cnc(N)c(-c4nc5ccc(C)cc5[nH]4)n3)CC2C1.[HH].[HH]. The minimum absolute atomic E-state index is 0. The molecule has 2 aliphatic heterocycles. The van der Waals surface area contributed by atoms with Crippen molar-refractivity contribution in [3.8, 4) is 11.5 Å². The van der Waals surface area contributed by atoms with Gasteiger partial charge in [-0.3, -0.25) is 0 Å². The van der Waals surface area contributed by atoms with Crippen molar-refractivity contribution in [1.82, 2.24) is 24.2 Å². The van der Waals surface area contributed by atoms with Crippen LogP contribution < -0.4 is 10.6 Å². The highest BCUT2D eigenvalue weighted by Crippen LogP contribution is 2.35. The standard InChI is InChI=1S/C20H25N7O2S.2H2/c1-3-30(28,29)27-10-13-8-26(9-14(13)11-27)17-7-22-19(21)18(25-17)20-23-15-5-4-12(2)6-16(15)24-20;;/h4-7,13-14H,3,8-11H2,1-2H3,(H2,21,22)(H,23,24);2*1H. The molecule has 10 heteroatoms. The van der Waals surface area contributed by atoms with Gasteiger partial charge in [-0.15, -0.1) is 0 Å². The maximum absolute atomic E-state index is 12.2. The Morgan fingerprint density at radius 3 is 2.63 bits per heavy atom. The average molecular weight is 432 g/mol. The van der Waals surface area contributed by atoms with Crippen molar-refractivity contribution in [3.05, 3.63) is 30.0 Å². The Hall–Kier alpha value is -2.72. The fourth-order valence-electron chi connectivity index (χ4n) is 4.50. The molecular formula is C20H29N7O2S. The van der Waals surface area contributed by atoms with Crippen LogP contribution in [0.2, 0.25) is 0 Å². The summed E-state index contributed by atoms with van der Waals surface area (Å²) in [4.78, 5) is 19.2. The molecule has 0 bridgehead atoms. The second kappa shape index (κ2) is 6.92. The predicted molar refractivity (Wildman–Crippen MR) is 121 cm³/mol. The molecule has 2 atom stereocenters. The minimum Gasteiger partial charge on any atom is -0.382 e. The van der Waals surface area contributed by atoms with Gasteiger partial charge in [-0.1, -0.05) is 6.07 Å². The highest BCUT2D eigenvalue weighted by atomic mass is 32.2. The van der Waals surface area contributed by atoms with Crippen molar-refractivity contribution in [1.29, 1.82) is 0 Å². The number of rotatable bonds is 4. The number of aromatic amines is 1. The lowest BCUT2D eigenvalue weighted by Crippen LogP contribution is -2.34. The van der Waals surface area contributed by atoms with Crippen molar-refractivity contribution in [3.63, 3.8) is 0 Å². The molecule has 1 aromatic carbocycles. The van der Waals surface area contributed by atoms with E-state index in [4.69, 9.17) is 10.7 Å². The predicted octanol–water partition coefficient (Wildman–Crippen LogP) is 2.12. The number of benzene rings is 1. The van der Waals surface area contributed by atoms with E-state index in [1.807, 2.05) is 25.1 Å². The zero-order valence-corrected chi connectivity index (χ0v) is 17.9. The number of hydrogen-bond acceptors (Lipinski definition) is 7. The fraction of sp³-hybridized carbons (Fsp3) is 0.450. The van der Waals surface area contributed by atoms with E-state index in [1.54, 1.807) is 17.4 Å². The van der Waals surface area contributed by atoms with Crippen LogP contribution in [0.25, 0.3) is 22.6 Å². The van der Waals surface area contributed by atoms with Gasteiger partial charge in [0, 0.05) is 29.0 Å². The van der Waals surface area contributed by atoms with E-state index in [1.165, 1.54) is 0 Å². The van der Waals surface area contributed by atoms with Gasteiger partial charge in [-0.05, 0) is 43.4 Å². The average Bonchev–Trinajstić information content (AvgIpc) is 3.40. The molecule has 2 aliphatic rings. The van der Waals surface area contributed by atoms with E-state index < -0.39 is 10.0 Å². The molecule has 30 heavy (non-hydrogen) atoms. The second-order valence-electron chi connectivity index (χ2n) is 8.21. The summed E-state index contributed by atoms with van der Waals surface area (Å²) >= 11 is 0. The van der Waals surface area contributed by atoms with Crippen LogP contribution in [0.3, 0.4) is 0 Å². The fourth-order valence-corrected chi connectivity index (χ4v) is 5.70.